The molecule has 0 radical (unpaired) electrons. The SMILES string of the molecule is N#Cc1cc(N)nc2cc(F)ccc12. The summed E-state index contributed by atoms with van der Waals surface area (Å²) < 4.78 is 12.8. The van der Waals surface area contributed by atoms with Gasteiger partial charge in [0.1, 0.15) is 11.6 Å². The molecule has 0 saturated heterocycles. The van der Waals surface area contributed by atoms with Gasteiger partial charge in [-0.15, -0.1) is 0 Å². The fraction of sp³-hybridized carbons (Fsp3) is 0. The lowest BCUT2D eigenvalue weighted by Crippen LogP contribution is -1.93. The Bertz CT molecular complexity index is 538. The maximum Gasteiger partial charge on any atom is 0.125 e. The van der Waals surface area contributed by atoms with Crippen molar-refractivity contribution in [2.45, 2.75) is 0 Å². The van der Waals surface area contributed by atoms with Crippen LogP contribution in [0.15, 0.2) is 24.3 Å². The summed E-state index contributed by atoms with van der Waals surface area (Å²) in [5.74, 6) is -0.167. The largest absolute Gasteiger partial charge is 0.384 e. The van der Waals surface area contributed by atoms with E-state index in [1.807, 2.05) is 6.07 Å². The Labute approximate surface area is 79.6 Å². The van der Waals surface area contributed by atoms with Gasteiger partial charge in [-0.3, -0.25) is 0 Å². The molecule has 2 rings (SSSR count). The number of anilines is 1. The van der Waals surface area contributed by atoms with E-state index in [4.69, 9.17) is 11.0 Å². The second-order valence-electron chi connectivity index (χ2n) is 2.87. The second kappa shape index (κ2) is 2.96. The Morgan fingerprint density at radius 3 is 2.86 bits per heavy atom. The molecule has 14 heavy (non-hydrogen) atoms. The Morgan fingerprint density at radius 2 is 2.14 bits per heavy atom. The van der Waals surface area contributed by atoms with Crippen LogP contribution in [-0.4, -0.2) is 4.98 Å². The van der Waals surface area contributed by atoms with Gasteiger partial charge < -0.3 is 5.73 Å². The monoisotopic (exact) mass is 187 g/mol. The van der Waals surface area contributed by atoms with Crippen LogP contribution in [-0.2, 0) is 0 Å². The number of halogens is 1. The molecule has 0 bridgehead atoms. The third-order valence-corrected chi connectivity index (χ3v) is 1.91. The molecule has 0 atom stereocenters. The number of pyridine rings is 1. The molecule has 1 heterocycles. The minimum absolute atomic E-state index is 0.222. The van der Waals surface area contributed by atoms with Crippen LogP contribution in [0.5, 0.6) is 0 Å². The highest BCUT2D eigenvalue weighted by molar-refractivity contribution is 5.86. The van der Waals surface area contributed by atoms with E-state index in [2.05, 4.69) is 4.98 Å². The first-order valence-electron chi connectivity index (χ1n) is 3.96. The van der Waals surface area contributed by atoms with Crippen molar-refractivity contribution in [1.29, 1.82) is 5.26 Å². The van der Waals surface area contributed by atoms with Gasteiger partial charge in [0, 0.05) is 11.5 Å². The molecule has 68 valence electrons. The van der Waals surface area contributed by atoms with Gasteiger partial charge >= 0.3 is 0 Å². The molecule has 0 fully saturated rings. The molecular formula is C10H6FN3. The average Bonchev–Trinajstić information content (AvgIpc) is 2.15. The van der Waals surface area contributed by atoms with Crippen LogP contribution in [0.3, 0.4) is 0 Å². The molecule has 0 saturated carbocycles. The summed E-state index contributed by atoms with van der Waals surface area (Å²) in [5.41, 5.74) is 6.28. The number of fused-ring (bicyclic) bond motifs is 1. The summed E-state index contributed by atoms with van der Waals surface area (Å²) in [6.45, 7) is 0. The number of nitrogens with two attached hydrogens (primary N) is 1. The van der Waals surface area contributed by atoms with Gasteiger partial charge in [-0.1, -0.05) is 0 Å². The molecule has 1 aromatic heterocycles. The average molecular weight is 187 g/mol. The molecule has 0 aliphatic carbocycles. The fourth-order valence-electron chi connectivity index (χ4n) is 1.31. The molecule has 0 unspecified atom stereocenters. The molecule has 1 aromatic carbocycles. The normalized spacial score (nSPS) is 10.0. The van der Waals surface area contributed by atoms with Crippen LogP contribution >= 0.6 is 0 Å². The lowest BCUT2D eigenvalue weighted by molar-refractivity contribution is 0.629. The first kappa shape index (κ1) is 8.45. The Kier molecular flexibility index (Phi) is 1.79. The van der Waals surface area contributed by atoms with E-state index in [0.29, 0.717) is 16.5 Å². The maximum absolute atomic E-state index is 12.8. The topological polar surface area (TPSA) is 62.7 Å². The van der Waals surface area contributed by atoms with E-state index < -0.39 is 0 Å². The van der Waals surface area contributed by atoms with Crippen molar-refractivity contribution in [3.8, 4) is 6.07 Å². The number of nitrogens with zero attached hydrogens (tertiary/aromatic N) is 2. The van der Waals surface area contributed by atoms with Crippen LogP contribution < -0.4 is 5.73 Å². The van der Waals surface area contributed by atoms with E-state index in [1.54, 1.807) is 0 Å². The summed E-state index contributed by atoms with van der Waals surface area (Å²) in [7, 11) is 0. The minimum atomic E-state index is -0.389. The number of hydrogen-bond donors (Lipinski definition) is 1. The van der Waals surface area contributed by atoms with Crippen molar-refractivity contribution in [1.82, 2.24) is 4.98 Å². The number of aromatic nitrogens is 1. The summed E-state index contributed by atoms with van der Waals surface area (Å²) in [4.78, 5) is 3.93. The van der Waals surface area contributed by atoms with E-state index in [0.717, 1.165) is 0 Å². The van der Waals surface area contributed by atoms with Crippen molar-refractivity contribution in [2.75, 3.05) is 5.73 Å². The van der Waals surface area contributed by atoms with Crippen molar-refractivity contribution in [2.24, 2.45) is 0 Å². The van der Waals surface area contributed by atoms with Gasteiger partial charge in [-0.25, -0.2) is 9.37 Å². The summed E-state index contributed by atoms with van der Waals surface area (Å²) in [6, 6.07) is 7.53. The first-order valence-corrected chi connectivity index (χ1v) is 3.96. The van der Waals surface area contributed by atoms with Crippen LogP contribution in [0.4, 0.5) is 10.2 Å². The Balaban J connectivity index is 2.89. The van der Waals surface area contributed by atoms with E-state index in [-0.39, 0.29) is 11.6 Å². The highest BCUT2D eigenvalue weighted by atomic mass is 19.1. The number of rotatable bonds is 0. The zero-order chi connectivity index (χ0) is 10.1. The predicted molar refractivity (Wildman–Crippen MR) is 50.8 cm³/mol. The number of benzene rings is 1. The molecule has 0 aliphatic rings. The molecular weight excluding hydrogens is 181 g/mol. The summed E-state index contributed by atoms with van der Waals surface area (Å²) >= 11 is 0. The summed E-state index contributed by atoms with van der Waals surface area (Å²) in [5, 5.41) is 9.42. The van der Waals surface area contributed by atoms with Gasteiger partial charge in [0.25, 0.3) is 0 Å². The highest BCUT2D eigenvalue weighted by Crippen LogP contribution is 2.19. The van der Waals surface area contributed by atoms with Gasteiger partial charge in [0.05, 0.1) is 17.1 Å². The molecule has 2 N–H and O–H groups in total. The molecule has 0 spiro atoms. The van der Waals surface area contributed by atoms with E-state index in [1.165, 1.54) is 24.3 Å². The molecule has 0 aliphatic heterocycles. The smallest absolute Gasteiger partial charge is 0.125 e. The van der Waals surface area contributed by atoms with Gasteiger partial charge in [0.2, 0.25) is 0 Å². The number of nitrogen functional groups attached to an aromatic ring is 1. The quantitative estimate of drug-likeness (QED) is 0.684. The minimum Gasteiger partial charge on any atom is -0.384 e. The summed E-state index contributed by atoms with van der Waals surface area (Å²) in [6.07, 6.45) is 0. The molecule has 4 heteroatoms. The van der Waals surface area contributed by atoms with Gasteiger partial charge in [-0.05, 0) is 18.2 Å². The van der Waals surface area contributed by atoms with Gasteiger partial charge in [0.15, 0.2) is 0 Å². The third-order valence-electron chi connectivity index (χ3n) is 1.91. The van der Waals surface area contributed by atoms with Crippen LogP contribution in [0.1, 0.15) is 5.56 Å². The molecule has 3 nitrogen and oxygen atoms in total. The van der Waals surface area contributed by atoms with Crippen LogP contribution in [0.2, 0.25) is 0 Å². The lowest BCUT2D eigenvalue weighted by Gasteiger charge is -2.00. The van der Waals surface area contributed by atoms with Crippen molar-refractivity contribution in [3.05, 3.63) is 35.6 Å². The number of hydrogen-bond acceptors (Lipinski definition) is 3. The first-order chi connectivity index (χ1) is 6.70. The van der Waals surface area contributed by atoms with Crippen LogP contribution in [0.25, 0.3) is 10.9 Å². The zero-order valence-electron chi connectivity index (χ0n) is 7.16. The zero-order valence-corrected chi connectivity index (χ0v) is 7.16. The van der Waals surface area contributed by atoms with Crippen molar-refractivity contribution < 1.29 is 4.39 Å². The predicted octanol–water partition coefficient (Wildman–Crippen LogP) is 1.83. The third kappa shape index (κ3) is 1.25. The Hall–Kier alpha value is -2.15. The van der Waals surface area contributed by atoms with Crippen molar-refractivity contribution >= 4 is 16.7 Å². The lowest BCUT2D eigenvalue weighted by atomic mass is 10.1. The van der Waals surface area contributed by atoms with E-state index >= 15 is 0 Å². The molecule has 2 aromatic rings. The van der Waals surface area contributed by atoms with Crippen molar-refractivity contribution in [3.63, 3.8) is 0 Å². The van der Waals surface area contributed by atoms with E-state index in [9.17, 15) is 4.39 Å². The highest BCUT2D eigenvalue weighted by Gasteiger charge is 2.04. The fourth-order valence-corrected chi connectivity index (χ4v) is 1.31. The second-order valence-corrected chi connectivity index (χ2v) is 2.87. The molecule has 0 amide bonds. The standard InChI is InChI=1S/C10H6FN3/c11-7-1-2-8-6(5-12)3-10(13)14-9(8)4-7/h1-4H,(H2,13,14). The maximum atomic E-state index is 12.8. The van der Waals surface area contributed by atoms with Crippen LogP contribution in [0, 0.1) is 17.1 Å². The Morgan fingerprint density at radius 1 is 1.36 bits per heavy atom. The number of nitriles is 1. The van der Waals surface area contributed by atoms with Gasteiger partial charge in [-0.2, -0.15) is 5.26 Å².